The van der Waals surface area contributed by atoms with Crippen LogP contribution in [-0.2, 0) is 9.59 Å². The Bertz CT molecular complexity index is 562. The van der Waals surface area contributed by atoms with Gasteiger partial charge in [-0.3, -0.25) is 9.59 Å². The molecule has 3 atom stereocenters. The first-order valence-corrected chi connectivity index (χ1v) is 6.86. The highest BCUT2D eigenvalue weighted by Crippen LogP contribution is 2.31. The molecule has 0 saturated heterocycles. The van der Waals surface area contributed by atoms with Gasteiger partial charge in [-0.25, -0.2) is 8.78 Å². The number of hydrogen-bond acceptors (Lipinski definition) is 2. The van der Waals surface area contributed by atoms with E-state index in [2.05, 4.69) is 5.32 Å². The summed E-state index contributed by atoms with van der Waals surface area (Å²) in [6.07, 6.45) is 1.30. The zero-order valence-corrected chi connectivity index (χ0v) is 11.6. The first-order valence-electron chi connectivity index (χ1n) is 6.86. The van der Waals surface area contributed by atoms with Crippen LogP contribution < -0.4 is 5.32 Å². The van der Waals surface area contributed by atoms with Crippen LogP contribution in [0.3, 0.4) is 0 Å². The molecule has 1 aromatic rings. The molecule has 21 heavy (non-hydrogen) atoms. The third-order valence-corrected chi connectivity index (χ3v) is 3.94. The normalized spacial score (nSPS) is 22.8. The summed E-state index contributed by atoms with van der Waals surface area (Å²) < 4.78 is 26.5. The van der Waals surface area contributed by atoms with Gasteiger partial charge in [0, 0.05) is 17.5 Å². The molecule has 114 valence electrons. The zero-order valence-electron chi connectivity index (χ0n) is 11.6. The van der Waals surface area contributed by atoms with Crippen LogP contribution in [0.15, 0.2) is 18.2 Å². The van der Waals surface area contributed by atoms with Crippen molar-refractivity contribution in [1.29, 1.82) is 0 Å². The number of carboxylic acid groups (broad SMARTS) is 1. The summed E-state index contributed by atoms with van der Waals surface area (Å²) in [5.41, 5.74) is 0.206. The molecule has 0 aromatic heterocycles. The lowest BCUT2D eigenvalue weighted by molar-refractivity contribution is -0.141. The van der Waals surface area contributed by atoms with Crippen LogP contribution in [0.1, 0.15) is 37.8 Å². The van der Waals surface area contributed by atoms with Crippen LogP contribution in [0.5, 0.6) is 0 Å². The fraction of sp³-hybridized carbons (Fsp3) is 0.467. The predicted molar refractivity (Wildman–Crippen MR) is 71.4 cm³/mol. The van der Waals surface area contributed by atoms with Crippen molar-refractivity contribution in [2.75, 3.05) is 0 Å². The van der Waals surface area contributed by atoms with Crippen LogP contribution in [0.4, 0.5) is 8.78 Å². The van der Waals surface area contributed by atoms with Gasteiger partial charge in [0.25, 0.3) is 0 Å². The number of benzene rings is 1. The lowest BCUT2D eigenvalue weighted by atomic mass is 10.0. The number of carbonyl (C=O) groups excluding carboxylic acids is 1. The zero-order chi connectivity index (χ0) is 15.6. The summed E-state index contributed by atoms with van der Waals surface area (Å²) in [5, 5.41) is 11.6. The van der Waals surface area contributed by atoms with Crippen molar-refractivity contribution in [2.45, 2.75) is 32.2 Å². The van der Waals surface area contributed by atoms with Gasteiger partial charge in [0.1, 0.15) is 11.6 Å². The molecule has 4 nitrogen and oxygen atoms in total. The number of hydrogen-bond donors (Lipinski definition) is 2. The number of aliphatic carboxylic acids is 1. The quantitative estimate of drug-likeness (QED) is 0.898. The monoisotopic (exact) mass is 297 g/mol. The third-order valence-electron chi connectivity index (χ3n) is 3.94. The molecule has 3 unspecified atom stereocenters. The van der Waals surface area contributed by atoms with E-state index in [0.29, 0.717) is 19.3 Å². The Kier molecular flexibility index (Phi) is 4.55. The van der Waals surface area contributed by atoms with Crippen LogP contribution in [0, 0.1) is 23.5 Å². The molecule has 0 radical (unpaired) electrons. The van der Waals surface area contributed by atoms with Gasteiger partial charge < -0.3 is 10.4 Å². The fourth-order valence-electron chi connectivity index (χ4n) is 2.71. The molecule has 6 heteroatoms. The van der Waals surface area contributed by atoms with Crippen molar-refractivity contribution in [3.05, 3.63) is 35.4 Å². The third kappa shape index (κ3) is 3.56. The Balaban J connectivity index is 1.98. The van der Waals surface area contributed by atoms with E-state index in [9.17, 15) is 18.4 Å². The van der Waals surface area contributed by atoms with Gasteiger partial charge in [-0.15, -0.1) is 0 Å². The van der Waals surface area contributed by atoms with E-state index in [1.54, 1.807) is 6.92 Å². The van der Waals surface area contributed by atoms with E-state index in [1.807, 2.05) is 0 Å². The summed E-state index contributed by atoms with van der Waals surface area (Å²) in [5.74, 6) is -3.40. The molecule has 0 heterocycles. The maximum Gasteiger partial charge on any atom is 0.306 e. The van der Waals surface area contributed by atoms with E-state index in [4.69, 9.17) is 5.11 Å². The lowest BCUT2D eigenvalue weighted by Crippen LogP contribution is -2.32. The van der Waals surface area contributed by atoms with Crippen molar-refractivity contribution < 1.29 is 23.5 Å². The van der Waals surface area contributed by atoms with E-state index in [-0.39, 0.29) is 17.4 Å². The molecular formula is C15H17F2NO3. The second-order valence-electron chi connectivity index (χ2n) is 5.44. The molecule has 1 saturated carbocycles. The van der Waals surface area contributed by atoms with Gasteiger partial charge in [-0.1, -0.05) is 6.07 Å². The van der Waals surface area contributed by atoms with Crippen LogP contribution >= 0.6 is 0 Å². The standard InChI is InChI=1S/C15H17F2NO3/c1-8(12-5-4-11(16)7-13(12)17)18-14(19)9-2-3-10(6-9)15(20)21/h4-5,7-10H,2-3,6H2,1H3,(H,18,19)(H,20,21). The van der Waals surface area contributed by atoms with E-state index in [0.717, 1.165) is 12.1 Å². The van der Waals surface area contributed by atoms with Gasteiger partial charge in [-0.2, -0.15) is 0 Å². The summed E-state index contributed by atoms with van der Waals surface area (Å²) in [6, 6.07) is 2.61. The summed E-state index contributed by atoms with van der Waals surface area (Å²) >= 11 is 0. The van der Waals surface area contributed by atoms with Gasteiger partial charge in [-0.05, 0) is 32.3 Å². The second kappa shape index (κ2) is 6.20. The molecule has 1 aliphatic rings. The lowest BCUT2D eigenvalue weighted by Gasteiger charge is -2.18. The largest absolute Gasteiger partial charge is 0.481 e. The maximum absolute atomic E-state index is 13.6. The number of amides is 1. The van der Waals surface area contributed by atoms with Gasteiger partial charge >= 0.3 is 5.97 Å². The molecule has 0 aliphatic heterocycles. The van der Waals surface area contributed by atoms with E-state index < -0.39 is 29.6 Å². The van der Waals surface area contributed by atoms with Gasteiger partial charge in [0.05, 0.1) is 12.0 Å². The Morgan fingerprint density at radius 3 is 2.52 bits per heavy atom. The molecule has 1 fully saturated rings. The van der Waals surface area contributed by atoms with E-state index in [1.165, 1.54) is 6.07 Å². The molecule has 0 spiro atoms. The molecular weight excluding hydrogens is 280 g/mol. The number of rotatable bonds is 4. The van der Waals surface area contributed by atoms with Crippen molar-refractivity contribution in [2.24, 2.45) is 11.8 Å². The van der Waals surface area contributed by atoms with Crippen molar-refractivity contribution in [3.8, 4) is 0 Å². The van der Waals surface area contributed by atoms with Crippen LogP contribution in [0.2, 0.25) is 0 Å². The smallest absolute Gasteiger partial charge is 0.306 e. The molecule has 1 aliphatic carbocycles. The van der Waals surface area contributed by atoms with Crippen molar-refractivity contribution >= 4 is 11.9 Å². The number of halogens is 2. The van der Waals surface area contributed by atoms with Crippen molar-refractivity contribution in [3.63, 3.8) is 0 Å². The Morgan fingerprint density at radius 1 is 1.29 bits per heavy atom. The molecule has 1 aromatic carbocycles. The Labute approximate surface area is 121 Å². The molecule has 2 rings (SSSR count). The first kappa shape index (κ1) is 15.4. The second-order valence-corrected chi connectivity index (χ2v) is 5.44. The number of nitrogens with one attached hydrogen (secondary N) is 1. The summed E-state index contributed by atoms with van der Waals surface area (Å²) in [4.78, 5) is 22.9. The minimum absolute atomic E-state index is 0.206. The highest BCUT2D eigenvalue weighted by atomic mass is 19.1. The highest BCUT2D eigenvalue weighted by Gasteiger charge is 2.34. The van der Waals surface area contributed by atoms with Crippen LogP contribution in [-0.4, -0.2) is 17.0 Å². The van der Waals surface area contributed by atoms with Crippen LogP contribution in [0.25, 0.3) is 0 Å². The Hall–Kier alpha value is -1.98. The number of carbonyl (C=O) groups is 2. The Morgan fingerprint density at radius 2 is 1.95 bits per heavy atom. The molecule has 2 N–H and O–H groups in total. The first-order chi connectivity index (χ1) is 9.88. The van der Waals surface area contributed by atoms with Gasteiger partial charge in [0.2, 0.25) is 5.91 Å². The summed E-state index contributed by atoms with van der Waals surface area (Å²) in [7, 11) is 0. The van der Waals surface area contributed by atoms with Gasteiger partial charge in [0.15, 0.2) is 0 Å². The SMILES string of the molecule is CC(NC(=O)C1CCC(C(=O)O)C1)c1ccc(F)cc1F. The minimum Gasteiger partial charge on any atom is -0.481 e. The molecule has 0 bridgehead atoms. The average molecular weight is 297 g/mol. The summed E-state index contributed by atoms with van der Waals surface area (Å²) in [6.45, 7) is 1.61. The average Bonchev–Trinajstić information content (AvgIpc) is 2.88. The molecule has 1 amide bonds. The minimum atomic E-state index is -0.886. The fourth-order valence-corrected chi connectivity index (χ4v) is 2.71. The predicted octanol–water partition coefficient (Wildman–Crippen LogP) is 2.64. The van der Waals surface area contributed by atoms with Crippen molar-refractivity contribution in [1.82, 2.24) is 5.32 Å². The number of carboxylic acids is 1. The highest BCUT2D eigenvalue weighted by molar-refractivity contribution is 5.81. The van der Waals surface area contributed by atoms with E-state index >= 15 is 0 Å². The topological polar surface area (TPSA) is 66.4 Å². The maximum atomic E-state index is 13.6.